The number of carbonyl (C=O) groups excluding carboxylic acids is 1. The smallest absolute Gasteiger partial charge is 0.220 e. The molecule has 0 aromatic heterocycles. The van der Waals surface area contributed by atoms with Crippen molar-refractivity contribution in [2.45, 2.75) is 122 Å². The predicted molar refractivity (Wildman–Crippen MR) is 132 cm³/mol. The molecule has 3 N–H and O–H groups in total. The lowest BCUT2D eigenvalue weighted by Gasteiger charge is -2.20. The molecular weight excluding hydrogens is 388 g/mol. The van der Waals surface area contributed by atoms with E-state index >= 15 is 0 Å². The lowest BCUT2D eigenvalue weighted by molar-refractivity contribution is -0.121. The zero-order chi connectivity index (χ0) is 22.8. The van der Waals surface area contributed by atoms with E-state index in [1.807, 2.05) is 4.90 Å². The van der Waals surface area contributed by atoms with Gasteiger partial charge in [0.1, 0.15) is 0 Å². The maximum absolute atomic E-state index is 11.9. The van der Waals surface area contributed by atoms with E-state index in [1.165, 1.54) is 96.3 Å². The summed E-state index contributed by atoms with van der Waals surface area (Å²) in [7, 11) is 0. The van der Waals surface area contributed by atoms with Crippen molar-refractivity contribution in [3.05, 3.63) is 0 Å². The second-order valence-corrected chi connectivity index (χ2v) is 9.05. The number of unbranched alkanes of at least 4 members (excludes halogenated alkanes) is 16. The van der Waals surface area contributed by atoms with Crippen molar-refractivity contribution < 1.29 is 15.0 Å². The Morgan fingerprint density at radius 1 is 0.613 bits per heavy atom. The first-order valence-corrected chi connectivity index (χ1v) is 13.4. The molecule has 0 aliphatic rings. The van der Waals surface area contributed by atoms with Crippen molar-refractivity contribution >= 4 is 5.91 Å². The third-order valence-corrected chi connectivity index (χ3v) is 6.09. The van der Waals surface area contributed by atoms with Crippen LogP contribution in [0.2, 0.25) is 0 Å². The Balaban J connectivity index is 3.26. The minimum atomic E-state index is 0.0766. The number of nitrogens with one attached hydrogen (secondary N) is 1. The second-order valence-electron chi connectivity index (χ2n) is 9.05. The number of rotatable bonds is 25. The molecule has 0 fully saturated rings. The SMILES string of the molecule is CCCCCCCCCCCCCCCCCCCC(=O)NCCN(CCO)CCO. The maximum atomic E-state index is 11.9. The molecule has 5 nitrogen and oxygen atoms in total. The Bertz CT molecular complexity index is 361. The molecule has 0 heterocycles. The number of amides is 1. The first-order valence-electron chi connectivity index (χ1n) is 13.4. The fourth-order valence-corrected chi connectivity index (χ4v) is 4.07. The lowest BCUT2D eigenvalue weighted by Crippen LogP contribution is -2.37. The van der Waals surface area contributed by atoms with Crippen LogP contribution in [0.3, 0.4) is 0 Å². The van der Waals surface area contributed by atoms with Crippen molar-refractivity contribution in [1.29, 1.82) is 0 Å². The molecule has 31 heavy (non-hydrogen) atoms. The van der Waals surface area contributed by atoms with Gasteiger partial charge < -0.3 is 15.5 Å². The number of nitrogens with zero attached hydrogens (tertiary/aromatic N) is 1. The second kappa shape index (κ2) is 25.6. The van der Waals surface area contributed by atoms with Crippen molar-refractivity contribution in [2.75, 3.05) is 39.4 Å². The highest BCUT2D eigenvalue weighted by molar-refractivity contribution is 5.75. The number of aliphatic hydroxyl groups is 2. The first kappa shape index (κ1) is 30.4. The summed E-state index contributed by atoms with van der Waals surface area (Å²) in [5.74, 6) is 0.119. The van der Waals surface area contributed by atoms with Crippen LogP contribution in [0.1, 0.15) is 122 Å². The molecule has 0 atom stereocenters. The summed E-state index contributed by atoms with van der Waals surface area (Å²) in [6.45, 7) is 4.76. The highest BCUT2D eigenvalue weighted by Gasteiger charge is 2.05. The summed E-state index contributed by atoms with van der Waals surface area (Å²) in [6, 6.07) is 0. The van der Waals surface area contributed by atoms with Gasteiger partial charge in [0, 0.05) is 32.6 Å². The Morgan fingerprint density at radius 3 is 1.39 bits per heavy atom. The van der Waals surface area contributed by atoms with Crippen molar-refractivity contribution in [1.82, 2.24) is 10.2 Å². The fourth-order valence-electron chi connectivity index (χ4n) is 4.07. The van der Waals surface area contributed by atoms with Gasteiger partial charge in [-0.1, -0.05) is 110 Å². The zero-order valence-corrected chi connectivity index (χ0v) is 20.7. The number of hydrogen-bond acceptors (Lipinski definition) is 4. The highest BCUT2D eigenvalue weighted by atomic mass is 16.3. The minimum absolute atomic E-state index is 0.0766. The average molecular weight is 443 g/mol. The van der Waals surface area contributed by atoms with E-state index in [4.69, 9.17) is 10.2 Å². The Hall–Kier alpha value is -0.650. The van der Waals surface area contributed by atoms with Gasteiger partial charge in [0.2, 0.25) is 5.91 Å². The van der Waals surface area contributed by atoms with Gasteiger partial charge in [-0.3, -0.25) is 9.69 Å². The Kier molecular flexibility index (Phi) is 25.1. The molecule has 0 saturated heterocycles. The summed E-state index contributed by atoms with van der Waals surface area (Å²) >= 11 is 0. The van der Waals surface area contributed by atoms with Crippen LogP contribution in [0.5, 0.6) is 0 Å². The third kappa shape index (κ3) is 23.8. The third-order valence-electron chi connectivity index (χ3n) is 6.09. The largest absolute Gasteiger partial charge is 0.395 e. The van der Waals surface area contributed by atoms with Crippen molar-refractivity contribution in [3.63, 3.8) is 0 Å². The highest BCUT2D eigenvalue weighted by Crippen LogP contribution is 2.14. The van der Waals surface area contributed by atoms with E-state index < -0.39 is 0 Å². The van der Waals surface area contributed by atoms with Crippen LogP contribution < -0.4 is 5.32 Å². The van der Waals surface area contributed by atoms with E-state index in [0.29, 0.717) is 32.6 Å². The molecule has 0 radical (unpaired) electrons. The molecule has 0 aliphatic carbocycles. The molecule has 0 bridgehead atoms. The van der Waals surface area contributed by atoms with Crippen molar-refractivity contribution in [2.24, 2.45) is 0 Å². The van der Waals surface area contributed by atoms with Gasteiger partial charge in [-0.05, 0) is 6.42 Å². The summed E-state index contributed by atoms with van der Waals surface area (Å²) in [4.78, 5) is 13.8. The molecule has 0 rings (SSSR count). The van der Waals surface area contributed by atoms with Crippen LogP contribution in [0.15, 0.2) is 0 Å². The van der Waals surface area contributed by atoms with Gasteiger partial charge in [0.25, 0.3) is 0 Å². The summed E-state index contributed by atoms with van der Waals surface area (Å²) in [5.41, 5.74) is 0. The van der Waals surface area contributed by atoms with E-state index in [0.717, 1.165) is 12.8 Å². The van der Waals surface area contributed by atoms with E-state index in [-0.39, 0.29) is 19.1 Å². The zero-order valence-electron chi connectivity index (χ0n) is 20.7. The fraction of sp³-hybridized carbons (Fsp3) is 0.962. The van der Waals surface area contributed by atoms with Crippen LogP contribution in [-0.4, -0.2) is 60.4 Å². The number of carbonyl (C=O) groups is 1. The number of hydrogen-bond donors (Lipinski definition) is 3. The first-order chi connectivity index (χ1) is 15.2. The van der Waals surface area contributed by atoms with Crippen LogP contribution in [0.25, 0.3) is 0 Å². The molecule has 0 spiro atoms. The van der Waals surface area contributed by atoms with Crippen LogP contribution in [-0.2, 0) is 4.79 Å². The molecule has 5 heteroatoms. The Morgan fingerprint density at radius 2 is 1.00 bits per heavy atom. The Labute approximate surface area is 193 Å². The molecular formula is C26H54N2O3. The van der Waals surface area contributed by atoms with Gasteiger partial charge in [-0.2, -0.15) is 0 Å². The summed E-state index contributed by atoms with van der Waals surface area (Å²) < 4.78 is 0. The molecule has 0 aliphatic heterocycles. The van der Waals surface area contributed by atoms with Crippen LogP contribution in [0.4, 0.5) is 0 Å². The normalized spacial score (nSPS) is 11.4. The van der Waals surface area contributed by atoms with Crippen LogP contribution in [0, 0.1) is 0 Å². The van der Waals surface area contributed by atoms with E-state index in [1.54, 1.807) is 0 Å². The standard InChI is InChI=1S/C26H54N2O3/c1-2-3-4-5-6-7-8-9-10-11-12-13-14-15-16-17-18-19-26(31)27-20-21-28(22-24-29)23-25-30/h29-30H,2-25H2,1H3,(H,27,31). The molecule has 186 valence electrons. The monoisotopic (exact) mass is 442 g/mol. The quantitative estimate of drug-likeness (QED) is 0.165. The number of aliphatic hydroxyl groups excluding tert-OH is 2. The topological polar surface area (TPSA) is 72.8 Å². The van der Waals surface area contributed by atoms with Crippen molar-refractivity contribution in [3.8, 4) is 0 Å². The molecule has 1 amide bonds. The lowest BCUT2D eigenvalue weighted by atomic mass is 10.0. The van der Waals surface area contributed by atoms with Gasteiger partial charge in [0.05, 0.1) is 13.2 Å². The minimum Gasteiger partial charge on any atom is -0.395 e. The molecule has 0 saturated carbocycles. The molecule has 0 aromatic carbocycles. The summed E-state index contributed by atoms with van der Waals surface area (Å²) in [5, 5.41) is 20.9. The van der Waals surface area contributed by atoms with E-state index in [9.17, 15) is 4.79 Å². The molecule has 0 unspecified atom stereocenters. The molecule has 0 aromatic rings. The van der Waals surface area contributed by atoms with Crippen LogP contribution >= 0.6 is 0 Å². The van der Waals surface area contributed by atoms with Gasteiger partial charge >= 0.3 is 0 Å². The maximum Gasteiger partial charge on any atom is 0.220 e. The predicted octanol–water partition coefficient (Wildman–Crippen LogP) is 5.43. The van der Waals surface area contributed by atoms with Gasteiger partial charge in [0.15, 0.2) is 0 Å². The van der Waals surface area contributed by atoms with E-state index in [2.05, 4.69) is 12.2 Å². The van der Waals surface area contributed by atoms with Gasteiger partial charge in [-0.25, -0.2) is 0 Å². The van der Waals surface area contributed by atoms with Gasteiger partial charge in [-0.15, -0.1) is 0 Å². The average Bonchev–Trinajstić information content (AvgIpc) is 2.76. The summed E-state index contributed by atoms with van der Waals surface area (Å²) in [6.07, 6.45) is 23.6.